The zero-order valence-corrected chi connectivity index (χ0v) is 13.5. The predicted molar refractivity (Wildman–Crippen MR) is 89.8 cm³/mol. The first-order valence-electron chi connectivity index (χ1n) is 6.75. The van der Waals surface area contributed by atoms with Crippen LogP contribution in [0.3, 0.4) is 0 Å². The third-order valence-electron chi connectivity index (χ3n) is 3.89. The minimum atomic E-state index is 0.466. The summed E-state index contributed by atoms with van der Waals surface area (Å²) in [6.45, 7) is 4.32. The Morgan fingerprint density at radius 1 is 1.11 bits per heavy atom. The molecule has 0 heterocycles. The Morgan fingerprint density at radius 3 is 2.74 bits per heavy atom. The van der Waals surface area contributed by atoms with Gasteiger partial charge in [-0.1, -0.05) is 29.8 Å². The maximum Gasteiger partial charge on any atom is 0.0519 e. The number of halogens is 1. The summed E-state index contributed by atoms with van der Waals surface area (Å²) >= 11 is 2.40. The number of hydrogen-bond acceptors (Lipinski definition) is 1. The van der Waals surface area contributed by atoms with Gasteiger partial charge in [0.1, 0.15) is 0 Å². The molecule has 0 amide bonds. The van der Waals surface area contributed by atoms with Crippen LogP contribution < -0.4 is 5.32 Å². The van der Waals surface area contributed by atoms with Crippen molar-refractivity contribution in [3.8, 4) is 0 Å². The normalized spacial score (nSPS) is 17.3. The number of fused-ring (bicyclic) bond motifs is 1. The van der Waals surface area contributed by atoms with E-state index in [1.807, 2.05) is 0 Å². The number of hydrogen-bond donors (Lipinski definition) is 1. The van der Waals surface area contributed by atoms with E-state index in [2.05, 4.69) is 78.2 Å². The molecule has 1 aliphatic carbocycles. The molecule has 3 rings (SSSR count). The first-order chi connectivity index (χ1) is 9.13. The van der Waals surface area contributed by atoms with Crippen molar-refractivity contribution >= 4 is 28.3 Å². The van der Waals surface area contributed by atoms with Crippen LogP contribution >= 0.6 is 22.6 Å². The summed E-state index contributed by atoms with van der Waals surface area (Å²) in [5.41, 5.74) is 6.91. The molecule has 0 saturated heterocycles. The highest BCUT2D eigenvalue weighted by atomic mass is 127. The molecule has 1 aliphatic rings. The number of rotatable bonds is 2. The maximum atomic E-state index is 3.69. The highest BCUT2D eigenvalue weighted by molar-refractivity contribution is 14.1. The highest BCUT2D eigenvalue weighted by Crippen LogP contribution is 2.34. The van der Waals surface area contributed by atoms with E-state index in [1.54, 1.807) is 0 Å². The molecule has 1 unspecified atom stereocenters. The minimum absolute atomic E-state index is 0.466. The lowest BCUT2D eigenvalue weighted by atomic mass is 10.0. The van der Waals surface area contributed by atoms with Crippen LogP contribution in [0.25, 0.3) is 0 Å². The number of nitrogens with one attached hydrogen (secondary N) is 1. The maximum absolute atomic E-state index is 3.69. The number of anilines is 1. The van der Waals surface area contributed by atoms with Crippen molar-refractivity contribution in [1.29, 1.82) is 0 Å². The molecule has 1 atom stereocenters. The van der Waals surface area contributed by atoms with Crippen molar-refractivity contribution in [3.05, 3.63) is 62.2 Å². The molecule has 0 radical (unpaired) electrons. The minimum Gasteiger partial charge on any atom is -0.378 e. The Bertz CT molecular complexity index is 619. The second kappa shape index (κ2) is 5.16. The first-order valence-corrected chi connectivity index (χ1v) is 7.83. The van der Waals surface area contributed by atoms with Gasteiger partial charge in [-0.2, -0.15) is 0 Å². The quantitative estimate of drug-likeness (QED) is 0.740. The lowest BCUT2D eigenvalue weighted by Gasteiger charge is -2.16. The second-order valence-corrected chi connectivity index (χ2v) is 6.56. The second-order valence-electron chi connectivity index (χ2n) is 5.40. The van der Waals surface area contributed by atoms with Gasteiger partial charge in [-0.15, -0.1) is 0 Å². The van der Waals surface area contributed by atoms with Crippen LogP contribution in [0, 0.1) is 17.4 Å². The van der Waals surface area contributed by atoms with Gasteiger partial charge in [0.05, 0.1) is 6.04 Å². The van der Waals surface area contributed by atoms with E-state index >= 15 is 0 Å². The molecule has 0 aliphatic heterocycles. The van der Waals surface area contributed by atoms with E-state index < -0.39 is 0 Å². The topological polar surface area (TPSA) is 12.0 Å². The molecule has 1 nitrogen and oxygen atoms in total. The molecule has 2 aromatic carbocycles. The van der Waals surface area contributed by atoms with E-state index in [4.69, 9.17) is 0 Å². The molecule has 1 N–H and O–H groups in total. The summed E-state index contributed by atoms with van der Waals surface area (Å²) in [4.78, 5) is 0. The molecule has 0 spiro atoms. The summed E-state index contributed by atoms with van der Waals surface area (Å²) in [6.07, 6.45) is 2.39. The van der Waals surface area contributed by atoms with E-state index in [1.165, 1.54) is 44.4 Å². The molecular formula is C17H18IN. The van der Waals surface area contributed by atoms with Gasteiger partial charge in [-0.3, -0.25) is 0 Å². The predicted octanol–water partition coefficient (Wildman–Crippen LogP) is 5.01. The molecule has 98 valence electrons. The summed E-state index contributed by atoms with van der Waals surface area (Å²) < 4.78 is 1.32. The van der Waals surface area contributed by atoms with Gasteiger partial charge in [0.15, 0.2) is 0 Å². The highest BCUT2D eigenvalue weighted by Gasteiger charge is 2.22. The largest absolute Gasteiger partial charge is 0.378 e. The average molecular weight is 363 g/mol. The van der Waals surface area contributed by atoms with Crippen LogP contribution in [0.15, 0.2) is 36.4 Å². The van der Waals surface area contributed by atoms with Gasteiger partial charge in [0.25, 0.3) is 0 Å². The zero-order valence-electron chi connectivity index (χ0n) is 11.3. The Morgan fingerprint density at radius 2 is 1.95 bits per heavy atom. The van der Waals surface area contributed by atoms with Crippen molar-refractivity contribution in [1.82, 2.24) is 0 Å². The Kier molecular flexibility index (Phi) is 3.52. The van der Waals surface area contributed by atoms with Crippen molar-refractivity contribution in [2.75, 3.05) is 5.32 Å². The van der Waals surface area contributed by atoms with Crippen LogP contribution in [0.2, 0.25) is 0 Å². The van der Waals surface area contributed by atoms with Crippen molar-refractivity contribution in [2.24, 2.45) is 0 Å². The molecule has 2 heteroatoms. The van der Waals surface area contributed by atoms with Gasteiger partial charge in [-0.05, 0) is 78.1 Å². The Labute approximate surface area is 128 Å². The monoisotopic (exact) mass is 363 g/mol. The zero-order chi connectivity index (χ0) is 13.4. The molecule has 0 saturated carbocycles. The third kappa shape index (κ3) is 2.64. The fourth-order valence-corrected chi connectivity index (χ4v) is 3.27. The molecule has 0 fully saturated rings. The number of aryl methyl sites for hydroxylation is 3. The van der Waals surface area contributed by atoms with Crippen LogP contribution in [-0.2, 0) is 6.42 Å². The van der Waals surface area contributed by atoms with Crippen LogP contribution in [0.1, 0.15) is 34.7 Å². The molecule has 0 bridgehead atoms. The third-order valence-corrected chi connectivity index (χ3v) is 5.05. The van der Waals surface area contributed by atoms with E-state index in [0.29, 0.717) is 6.04 Å². The first kappa shape index (κ1) is 13.0. The smallest absolute Gasteiger partial charge is 0.0519 e. The number of benzene rings is 2. The molecule has 0 aromatic heterocycles. The van der Waals surface area contributed by atoms with Gasteiger partial charge < -0.3 is 5.32 Å². The van der Waals surface area contributed by atoms with E-state index in [0.717, 1.165) is 0 Å². The molecular weight excluding hydrogens is 345 g/mol. The lowest BCUT2D eigenvalue weighted by Crippen LogP contribution is -2.07. The van der Waals surface area contributed by atoms with E-state index in [9.17, 15) is 0 Å². The Balaban J connectivity index is 1.86. The van der Waals surface area contributed by atoms with Crippen LogP contribution in [0.4, 0.5) is 5.69 Å². The SMILES string of the molecule is Cc1ccc2c(c1)C(Nc1ccc(C)c(I)c1)CC2. The van der Waals surface area contributed by atoms with E-state index in [-0.39, 0.29) is 0 Å². The summed E-state index contributed by atoms with van der Waals surface area (Å²) in [5.74, 6) is 0. The van der Waals surface area contributed by atoms with Crippen molar-refractivity contribution in [3.63, 3.8) is 0 Å². The van der Waals surface area contributed by atoms with Gasteiger partial charge in [-0.25, -0.2) is 0 Å². The van der Waals surface area contributed by atoms with Crippen LogP contribution in [0.5, 0.6) is 0 Å². The fourth-order valence-electron chi connectivity index (χ4n) is 2.76. The molecule has 2 aromatic rings. The standard InChI is InChI=1S/C17H18IN/c1-11-3-5-13-6-8-17(15(13)9-11)19-14-7-4-12(2)16(18)10-14/h3-5,7,9-10,17,19H,6,8H2,1-2H3. The van der Waals surface area contributed by atoms with Crippen molar-refractivity contribution in [2.45, 2.75) is 32.7 Å². The summed E-state index contributed by atoms with van der Waals surface area (Å²) in [7, 11) is 0. The van der Waals surface area contributed by atoms with Gasteiger partial charge in [0, 0.05) is 9.26 Å². The van der Waals surface area contributed by atoms with Crippen molar-refractivity contribution < 1.29 is 0 Å². The Hall–Kier alpha value is -1.03. The van der Waals surface area contributed by atoms with Gasteiger partial charge >= 0.3 is 0 Å². The fraction of sp³-hybridized carbons (Fsp3) is 0.294. The van der Waals surface area contributed by atoms with Crippen LogP contribution in [-0.4, -0.2) is 0 Å². The molecule has 19 heavy (non-hydrogen) atoms. The summed E-state index contributed by atoms with van der Waals surface area (Å²) in [6, 6.07) is 13.9. The van der Waals surface area contributed by atoms with Gasteiger partial charge in [0.2, 0.25) is 0 Å². The average Bonchev–Trinajstić information content (AvgIpc) is 2.77. The summed E-state index contributed by atoms with van der Waals surface area (Å²) in [5, 5.41) is 3.69. The lowest BCUT2D eigenvalue weighted by molar-refractivity contribution is 0.761.